The molecule has 1 rings (SSSR count). The van der Waals surface area contributed by atoms with Crippen LogP contribution in [0.15, 0.2) is 14.7 Å². The monoisotopic (exact) mass is 370 g/mol. The van der Waals surface area contributed by atoms with E-state index in [2.05, 4.69) is 15.9 Å². The molecule has 0 saturated carbocycles. The van der Waals surface area contributed by atoms with Gasteiger partial charge in [0.05, 0.1) is 20.2 Å². The van der Waals surface area contributed by atoms with Gasteiger partial charge in [-0.05, 0) is 42.8 Å². The molecule has 0 aliphatic heterocycles. The van der Waals surface area contributed by atoms with Gasteiger partial charge in [-0.2, -0.15) is 4.31 Å². The zero-order chi connectivity index (χ0) is 14.1. The van der Waals surface area contributed by atoms with E-state index in [1.807, 2.05) is 0 Å². The van der Waals surface area contributed by atoms with Crippen LogP contribution in [0, 0.1) is 6.92 Å². The Balaban J connectivity index is 3.25. The minimum atomic E-state index is -3.56. The van der Waals surface area contributed by atoms with Gasteiger partial charge in [-0.1, -0.05) is 12.2 Å². The fraction of sp³-hybridized carbons (Fsp3) is 0.500. The Labute approximate surface area is 125 Å². The summed E-state index contributed by atoms with van der Waals surface area (Å²) < 4.78 is 27.2. The first-order chi connectivity index (χ1) is 8.16. The number of thiophene rings is 1. The predicted molar refractivity (Wildman–Crippen MR) is 82.6 cm³/mol. The van der Waals surface area contributed by atoms with Crippen molar-refractivity contribution in [1.29, 1.82) is 0 Å². The molecule has 1 aromatic rings. The normalized spacial score (nSPS) is 12.3. The lowest BCUT2D eigenvalue weighted by molar-refractivity contribution is 0.391. The van der Waals surface area contributed by atoms with Crippen molar-refractivity contribution in [2.24, 2.45) is 5.73 Å². The standard InChI is InChI=1S/C10H15BrN2O2S3/c1-6(2)13(5-10(12)16)18(14,15)8-4-9(11)17-7(8)3/h4,6H,5H2,1-3H3,(H2,12,16). The van der Waals surface area contributed by atoms with Crippen LogP contribution in [0.3, 0.4) is 0 Å². The highest BCUT2D eigenvalue weighted by molar-refractivity contribution is 9.11. The van der Waals surface area contributed by atoms with Crippen LogP contribution in [0.2, 0.25) is 0 Å². The third kappa shape index (κ3) is 3.51. The van der Waals surface area contributed by atoms with Crippen LogP contribution in [0.25, 0.3) is 0 Å². The van der Waals surface area contributed by atoms with Gasteiger partial charge in [0, 0.05) is 10.9 Å². The highest BCUT2D eigenvalue weighted by atomic mass is 79.9. The summed E-state index contributed by atoms with van der Waals surface area (Å²) in [6.45, 7) is 5.43. The van der Waals surface area contributed by atoms with E-state index in [-0.39, 0.29) is 17.6 Å². The Bertz CT molecular complexity index is 551. The van der Waals surface area contributed by atoms with E-state index in [9.17, 15) is 8.42 Å². The second kappa shape index (κ2) is 5.96. The molecule has 0 fully saturated rings. The predicted octanol–water partition coefficient (Wildman–Crippen LogP) is 2.50. The molecule has 1 heterocycles. The summed E-state index contributed by atoms with van der Waals surface area (Å²) in [5.74, 6) is 0. The van der Waals surface area contributed by atoms with Crippen molar-refractivity contribution >= 4 is 54.5 Å². The Morgan fingerprint density at radius 1 is 1.61 bits per heavy atom. The van der Waals surface area contributed by atoms with Gasteiger partial charge in [0.25, 0.3) is 0 Å². The minimum Gasteiger partial charge on any atom is -0.392 e. The van der Waals surface area contributed by atoms with Gasteiger partial charge >= 0.3 is 0 Å². The van der Waals surface area contributed by atoms with Gasteiger partial charge in [0.2, 0.25) is 10.0 Å². The van der Waals surface area contributed by atoms with Crippen LogP contribution in [0.5, 0.6) is 0 Å². The van der Waals surface area contributed by atoms with Crippen LogP contribution in [0.1, 0.15) is 18.7 Å². The summed E-state index contributed by atoms with van der Waals surface area (Å²) in [6, 6.07) is 1.42. The third-order valence-corrected chi connectivity index (χ3v) is 6.28. The number of halogens is 1. The number of aryl methyl sites for hydroxylation is 1. The summed E-state index contributed by atoms with van der Waals surface area (Å²) in [5.41, 5.74) is 5.47. The SMILES string of the molecule is Cc1sc(Br)cc1S(=O)(=O)N(CC(N)=S)C(C)C. The second-order valence-corrected chi connectivity index (χ2v) is 9.10. The number of hydrogen-bond donors (Lipinski definition) is 1. The van der Waals surface area contributed by atoms with Crippen molar-refractivity contribution in [3.05, 3.63) is 14.7 Å². The molecule has 0 atom stereocenters. The lowest BCUT2D eigenvalue weighted by Crippen LogP contribution is -2.42. The number of nitrogens with zero attached hydrogens (tertiary/aromatic N) is 1. The maximum absolute atomic E-state index is 12.5. The molecular formula is C10H15BrN2O2S3. The number of rotatable bonds is 5. The maximum atomic E-state index is 12.5. The Hall–Kier alpha value is -0.0200. The molecule has 0 amide bonds. The lowest BCUT2D eigenvalue weighted by Gasteiger charge is -2.25. The van der Waals surface area contributed by atoms with E-state index in [0.717, 1.165) is 8.66 Å². The molecule has 0 radical (unpaired) electrons. The fourth-order valence-electron chi connectivity index (χ4n) is 1.51. The van der Waals surface area contributed by atoms with Crippen molar-refractivity contribution in [1.82, 2.24) is 4.31 Å². The van der Waals surface area contributed by atoms with Crippen molar-refractivity contribution < 1.29 is 8.42 Å². The molecule has 1 aromatic heterocycles. The first kappa shape index (κ1) is 16.0. The first-order valence-electron chi connectivity index (χ1n) is 5.22. The Kier molecular flexibility index (Phi) is 5.31. The van der Waals surface area contributed by atoms with E-state index in [4.69, 9.17) is 18.0 Å². The van der Waals surface area contributed by atoms with Gasteiger partial charge in [-0.3, -0.25) is 0 Å². The lowest BCUT2D eigenvalue weighted by atomic mass is 10.4. The fourth-order valence-corrected chi connectivity index (χ4v) is 5.73. The molecule has 0 saturated heterocycles. The van der Waals surface area contributed by atoms with E-state index in [1.54, 1.807) is 26.8 Å². The molecule has 18 heavy (non-hydrogen) atoms. The van der Waals surface area contributed by atoms with Crippen LogP contribution in [-0.4, -0.2) is 30.3 Å². The van der Waals surface area contributed by atoms with Crippen LogP contribution < -0.4 is 5.73 Å². The third-order valence-electron chi connectivity index (χ3n) is 2.32. The van der Waals surface area contributed by atoms with Crippen LogP contribution in [0.4, 0.5) is 0 Å². The first-order valence-corrected chi connectivity index (χ1v) is 8.68. The summed E-state index contributed by atoms with van der Waals surface area (Å²) in [7, 11) is -3.56. The van der Waals surface area contributed by atoms with E-state index >= 15 is 0 Å². The molecule has 102 valence electrons. The minimum absolute atomic E-state index is 0.0578. The largest absolute Gasteiger partial charge is 0.392 e. The molecule has 0 bridgehead atoms. The van der Waals surface area contributed by atoms with E-state index in [1.165, 1.54) is 15.6 Å². The van der Waals surface area contributed by atoms with E-state index < -0.39 is 10.0 Å². The summed E-state index contributed by atoms with van der Waals surface area (Å²) in [4.78, 5) is 1.22. The molecule has 0 aliphatic rings. The number of sulfonamides is 1. The maximum Gasteiger partial charge on any atom is 0.244 e. The average Bonchev–Trinajstić information content (AvgIpc) is 2.54. The number of hydrogen-bond acceptors (Lipinski definition) is 4. The molecule has 0 aromatic carbocycles. The summed E-state index contributed by atoms with van der Waals surface area (Å²) in [5, 5.41) is 0. The van der Waals surface area contributed by atoms with E-state index in [0.29, 0.717) is 4.90 Å². The smallest absolute Gasteiger partial charge is 0.244 e. The molecule has 2 N–H and O–H groups in total. The molecule has 0 spiro atoms. The topological polar surface area (TPSA) is 63.4 Å². The second-order valence-electron chi connectivity index (χ2n) is 4.08. The van der Waals surface area contributed by atoms with Crippen molar-refractivity contribution in [2.75, 3.05) is 6.54 Å². The van der Waals surface area contributed by atoms with Crippen molar-refractivity contribution in [3.8, 4) is 0 Å². The quantitative estimate of drug-likeness (QED) is 0.808. The summed E-state index contributed by atoms with van der Waals surface area (Å²) >= 11 is 9.50. The Morgan fingerprint density at radius 3 is 2.50 bits per heavy atom. The molecule has 8 heteroatoms. The Morgan fingerprint density at radius 2 is 2.17 bits per heavy atom. The van der Waals surface area contributed by atoms with Gasteiger partial charge in [0.15, 0.2) is 0 Å². The summed E-state index contributed by atoms with van der Waals surface area (Å²) in [6.07, 6.45) is 0. The van der Waals surface area contributed by atoms with Gasteiger partial charge < -0.3 is 5.73 Å². The van der Waals surface area contributed by atoms with Crippen molar-refractivity contribution in [2.45, 2.75) is 31.7 Å². The molecular weight excluding hydrogens is 356 g/mol. The van der Waals surface area contributed by atoms with Gasteiger partial charge in [-0.25, -0.2) is 8.42 Å². The number of thiocarbonyl (C=S) groups is 1. The zero-order valence-electron chi connectivity index (χ0n) is 10.3. The van der Waals surface area contributed by atoms with Crippen LogP contribution in [-0.2, 0) is 10.0 Å². The van der Waals surface area contributed by atoms with Gasteiger partial charge in [-0.15, -0.1) is 11.3 Å². The molecule has 4 nitrogen and oxygen atoms in total. The highest BCUT2D eigenvalue weighted by Crippen LogP contribution is 2.32. The molecule has 0 unspecified atom stereocenters. The average molecular weight is 371 g/mol. The highest BCUT2D eigenvalue weighted by Gasteiger charge is 2.30. The number of nitrogens with two attached hydrogens (primary N) is 1. The van der Waals surface area contributed by atoms with Crippen molar-refractivity contribution in [3.63, 3.8) is 0 Å². The van der Waals surface area contributed by atoms with Gasteiger partial charge in [0.1, 0.15) is 0 Å². The van der Waals surface area contributed by atoms with Crippen LogP contribution >= 0.6 is 39.5 Å². The molecule has 0 aliphatic carbocycles. The zero-order valence-corrected chi connectivity index (χ0v) is 14.3.